The molecule has 1 aliphatic heterocycles. The summed E-state index contributed by atoms with van der Waals surface area (Å²) in [5, 5.41) is 0. The molecular formula is C15H21FN2. The molecule has 0 aromatic heterocycles. The van der Waals surface area contributed by atoms with Crippen LogP contribution in [0.15, 0.2) is 18.2 Å². The van der Waals surface area contributed by atoms with Gasteiger partial charge in [0.05, 0.1) is 0 Å². The zero-order valence-electron chi connectivity index (χ0n) is 10.7. The smallest absolute Gasteiger partial charge is 0.129 e. The van der Waals surface area contributed by atoms with Gasteiger partial charge in [0, 0.05) is 23.8 Å². The van der Waals surface area contributed by atoms with Crippen molar-refractivity contribution in [1.82, 2.24) is 4.90 Å². The van der Waals surface area contributed by atoms with E-state index in [0.29, 0.717) is 11.7 Å². The highest BCUT2D eigenvalue weighted by molar-refractivity contribution is 5.40. The van der Waals surface area contributed by atoms with E-state index >= 15 is 0 Å². The van der Waals surface area contributed by atoms with Crippen LogP contribution in [0.1, 0.15) is 37.7 Å². The lowest BCUT2D eigenvalue weighted by Crippen LogP contribution is -2.34. The molecule has 1 aromatic carbocycles. The van der Waals surface area contributed by atoms with Gasteiger partial charge in [-0.2, -0.15) is 0 Å². The SMILES string of the molecule is Nc1ccc(CN2CCC3CCCCC32)c(F)c1. The Hall–Kier alpha value is -1.09. The average Bonchev–Trinajstić information content (AvgIpc) is 2.76. The minimum absolute atomic E-state index is 0.158. The monoisotopic (exact) mass is 248 g/mol. The maximum Gasteiger partial charge on any atom is 0.129 e. The topological polar surface area (TPSA) is 29.3 Å². The molecule has 3 heteroatoms. The summed E-state index contributed by atoms with van der Waals surface area (Å²) in [5.74, 6) is 0.699. The van der Waals surface area contributed by atoms with Gasteiger partial charge in [-0.1, -0.05) is 18.9 Å². The summed E-state index contributed by atoms with van der Waals surface area (Å²) in [4.78, 5) is 2.47. The number of likely N-dealkylation sites (tertiary alicyclic amines) is 1. The average molecular weight is 248 g/mol. The van der Waals surface area contributed by atoms with Gasteiger partial charge in [-0.25, -0.2) is 4.39 Å². The molecule has 0 amide bonds. The number of nitrogen functional groups attached to an aromatic ring is 1. The van der Waals surface area contributed by atoms with Crippen molar-refractivity contribution in [3.63, 3.8) is 0 Å². The van der Waals surface area contributed by atoms with E-state index in [-0.39, 0.29) is 5.82 Å². The number of nitrogens with zero attached hydrogens (tertiary/aromatic N) is 1. The minimum Gasteiger partial charge on any atom is -0.399 e. The van der Waals surface area contributed by atoms with Crippen molar-refractivity contribution in [3.8, 4) is 0 Å². The molecule has 18 heavy (non-hydrogen) atoms. The molecular weight excluding hydrogens is 227 g/mol. The van der Waals surface area contributed by atoms with E-state index in [2.05, 4.69) is 4.90 Å². The quantitative estimate of drug-likeness (QED) is 0.814. The molecule has 1 saturated heterocycles. The molecule has 2 unspecified atom stereocenters. The Morgan fingerprint density at radius 3 is 2.89 bits per heavy atom. The van der Waals surface area contributed by atoms with Crippen molar-refractivity contribution < 1.29 is 4.39 Å². The van der Waals surface area contributed by atoms with Gasteiger partial charge in [-0.05, 0) is 43.9 Å². The molecule has 0 spiro atoms. The highest BCUT2D eigenvalue weighted by atomic mass is 19.1. The number of nitrogens with two attached hydrogens (primary N) is 1. The zero-order valence-corrected chi connectivity index (χ0v) is 10.7. The van der Waals surface area contributed by atoms with E-state index < -0.39 is 0 Å². The molecule has 0 radical (unpaired) electrons. The van der Waals surface area contributed by atoms with Crippen molar-refractivity contribution in [2.45, 2.75) is 44.7 Å². The number of benzene rings is 1. The van der Waals surface area contributed by atoms with Crippen LogP contribution in [-0.4, -0.2) is 17.5 Å². The fourth-order valence-electron chi connectivity index (χ4n) is 3.61. The van der Waals surface area contributed by atoms with E-state index in [1.54, 1.807) is 6.07 Å². The Kier molecular flexibility index (Phi) is 3.25. The Morgan fingerprint density at radius 1 is 1.22 bits per heavy atom. The Labute approximate surface area is 108 Å². The van der Waals surface area contributed by atoms with Crippen LogP contribution in [0.5, 0.6) is 0 Å². The van der Waals surface area contributed by atoms with Gasteiger partial charge in [0.1, 0.15) is 5.82 Å². The van der Waals surface area contributed by atoms with Crippen molar-refractivity contribution in [2.24, 2.45) is 5.92 Å². The number of rotatable bonds is 2. The summed E-state index contributed by atoms with van der Waals surface area (Å²) >= 11 is 0. The summed E-state index contributed by atoms with van der Waals surface area (Å²) in [6.45, 7) is 1.87. The van der Waals surface area contributed by atoms with E-state index in [4.69, 9.17) is 5.73 Å². The van der Waals surface area contributed by atoms with Crippen LogP contribution in [0, 0.1) is 11.7 Å². The first-order valence-corrected chi connectivity index (χ1v) is 7.02. The lowest BCUT2D eigenvalue weighted by molar-refractivity contribution is 0.174. The van der Waals surface area contributed by atoms with Crippen molar-refractivity contribution in [2.75, 3.05) is 12.3 Å². The predicted octanol–water partition coefficient (Wildman–Crippen LogP) is 3.17. The zero-order chi connectivity index (χ0) is 12.5. The second kappa shape index (κ2) is 4.88. The molecule has 98 valence electrons. The number of hydrogen-bond acceptors (Lipinski definition) is 2. The molecule has 1 saturated carbocycles. The van der Waals surface area contributed by atoms with Crippen molar-refractivity contribution in [1.29, 1.82) is 0 Å². The number of anilines is 1. The third-order valence-corrected chi connectivity index (χ3v) is 4.58. The van der Waals surface area contributed by atoms with E-state index in [1.165, 1.54) is 38.2 Å². The van der Waals surface area contributed by atoms with Crippen LogP contribution in [0.2, 0.25) is 0 Å². The molecule has 0 bridgehead atoms. The molecule has 2 atom stereocenters. The Balaban J connectivity index is 1.72. The summed E-state index contributed by atoms with van der Waals surface area (Å²) in [7, 11) is 0. The molecule has 1 heterocycles. The largest absolute Gasteiger partial charge is 0.399 e. The van der Waals surface area contributed by atoms with Crippen LogP contribution < -0.4 is 5.73 Å². The highest BCUT2D eigenvalue weighted by Crippen LogP contribution is 2.37. The second-order valence-corrected chi connectivity index (χ2v) is 5.72. The molecule has 2 aliphatic rings. The standard InChI is InChI=1S/C15H21FN2/c16-14-9-13(17)6-5-12(14)10-18-8-7-11-3-1-2-4-15(11)18/h5-6,9,11,15H,1-4,7-8,10,17H2. The van der Waals surface area contributed by atoms with Gasteiger partial charge in [0.25, 0.3) is 0 Å². The van der Waals surface area contributed by atoms with Crippen LogP contribution in [0.25, 0.3) is 0 Å². The first kappa shape index (κ1) is 12.0. The third-order valence-electron chi connectivity index (χ3n) is 4.58. The van der Waals surface area contributed by atoms with E-state index in [0.717, 1.165) is 24.6 Å². The van der Waals surface area contributed by atoms with Gasteiger partial charge >= 0.3 is 0 Å². The number of hydrogen-bond donors (Lipinski definition) is 1. The molecule has 2 nitrogen and oxygen atoms in total. The van der Waals surface area contributed by atoms with Crippen LogP contribution in [0.3, 0.4) is 0 Å². The fraction of sp³-hybridized carbons (Fsp3) is 0.600. The summed E-state index contributed by atoms with van der Waals surface area (Å²) < 4.78 is 13.8. The maximum atomic E-state index is 13.8. The highest BCUT2D eigenvalue weighted by Gasteiger charge is 2.35. The van der Waals surface area contributed by atoms with Gasteiger partial charge in [-0.15, -0.1) is 0 Å². The minimum atomic E-state index is -0.158. The lowest BCUT2D eigenvalue weighted by atomic mass is 9.85. The van der Waals surface area contributed by atoms with E-state index in [1.807, 2.05) is 6.07 Å². The van der Waals surface area contributed by atoms with Crippen LogP contribution in [0.4, 0.5) is 10.1 Å². The second-order valence-electron chi connectivity index (χ2n) is 5.72. The maximum absolute atomic E-state index is 13.8. The molecule has 1 aliphatic carbocycles. The summed E-state index contributed by atoms with van der Waals surface area (Å²) in [6.07, 6.45) is 6.67. The van der Waals surface area contributed by atoms with E-state index in [9.17, 15) is 4.39 Å². The van der Waals surface area contributed by atoms with Gasteiger partial charge < -0.3 is 5.73 Å². The summed E-state index contributed by atoms with van der Waals surface area (Å²) in [6, 6.07) is 5.76. The fourth-order valence-corrected chi connectivity index (χ4v) is 3.61. The first-order chi connectivity index (χ1) is 8.74. The van der Waals surface area contributed by atoms with Crippen molar-refractivity contribution in [3.05, 3.63) is 29.6 Å². The lowest BCUT2D eigenvalue weighted by Gasteiger charge is -2.31. The summed E-state index contributed by atoms with van der Waals surface area (Å²) in [5.41, 5.74) is 6.88. The first-order valence-electron chi connectivity index (χ1n) is 7.02. The molecule has 3 rings (SSSR count). The van der Waals surface area contributed by atoms with Gasteiger partial charge in [-0.3, -0.25) is 4.90 Å². The van der Waals surface area contributed by atoms with Gasteiger partial charge in [0.15, 0.2) is 0 Å². The Bertz CT molecular complexity index is 433. The molecule has 2 N–H and O–H groups in total. The van der Waals surface area contributed by atoms with Crippen molar-refractivity contribution >= 4 is 5.69 Å². The number of fused-ring (bicyclic) bond motifs is 1. The predicted molar refractivity (Wildman–Crippen MR) is 71.6 cm³/mol. The normalized spacial score (nSPS) is 28.3. The third kappa shape index (κ3) is 2.24. The van der Waals surface area contributed by atoms with Gasteiger partial charge in [0.2, 0.25) is 0 Å². The number of halogens is 1. The molecule has 2 fully saturated rings. The molecule has 1 aromatic rings. The van der Waals surface area contributed by atoms with Crippen LogP contribution in [-0.2, 0) is 6.54 Å². The van der Waals surface area contributed by atoms with Crippen LogP contribution >= 0.6 is 0 Å². The Morgan fingerprint density at radius 2 is 2.06 bits per heavy atom.